The summed E-state index contributed by atoms with van der Waals surface area (Å²) in [5.41, 5.74) is 1.10. The van der Waals surface area contributed by atoms with Crippen LogP contribution in [0.15, 0.2) is 23.0 Å². The Labute approximate surface area is 147 Å². The van der Waals surface area contributed by atoms with Crippen molar-refractivity contribution in [2.45, 2.75) is 47.1 Å². The molecular formula is C18H26N4O3. The predicted molar refractivity (Wildman–Crippen MR) is 96.8 cm³/mol. The van der Waals surface area contributed by atoms with Crippen LogP contribution in [-0.2, 0) is 18.3 Å². The SMILES string of the molecule is Cc1cc(O)cc(=O)n1[C@@H](C)C(=O)Nc1cc(CC(C)(C)C)nn1C. The molecule has 136 valence electrons. The van der Waals surface area contributed by atoms with Crippen molar-refractivity contribution >= 4 is 11.7 Å². The van der Waals surface area contributed by atoms with Gasteiger partial charge in [-0.25, -0.2) is 0 Å². The van der Waals surface area contributed by atoms with E-state index in [9.17, 15) is 14.7 Å². The Morgan fingerprint density at radius 1 is 1.32 bits per heavy atom. The third-order valence-electron chi connectivity index (χ3n) is 3.91. The van der Waals surface area contributed by atoms with E-state index >= 15 is 0 Å². The second-order valence-electron chi connectivity index (χ2n) is 7.61. The molecule has 2 heterocycles. The molecule has 2 N–H and O–H groups in total. The van der Waals surface area contributed by atoms with Gasteiger partial charge in [0.15, 0.2) is 0 Å². The van der Waals surface area contributed by atoms with Crippen LogP contribution in [0.4, 0.5) is 5.82 Å². The van der Waals surface area contributed by atoms with Gasteiger partial charge in [0.2, 0.25) is 5.91 Å². The van der Waals surface area contributed by atoms with Crippen molar-refractivity contribution in [1.82, 2.24) is 14.3 Å². The summed E-state index contributed by atoms with van der Waals surface area (Å²) in [5, 5.41) is 16.7. The summed E-state index contributed by atoms with van der Waals surface area (Å²) in [4.78, 5) is 24.7. The zero-order valence-corrected chi connectivity index (χ0v) is 15.6. The lowest BCUT2D eigenvalue weighted by Crippen LogP contribution is -2.32. The van der Waals surface area contributed by atoms with Crippen LogP contribution in [0, 0.1) is 12.3 Å². The van der Waals surface area contributed by atoms with Crippen molar-refractivity contribution in [2.75, 3.05) is 5.32 Å². The van der Waals surface area contributed by atoms with Crippen LogP contribution in [0.5, 0.6) is 5.75 Å². The summed E-state index contributed by atoms with van der Waals surface area (Å²) in [6.45, 7) is 9.70. The van der Waals surface area contributed by atoms with E-state index in [1.54, 1.807) is 25.6 Å². The number of pyridine rings is 1. The van der Waals surface area contributed by atoms with Crippen LogP contribution in [0.2, 0.25) is 0 Å². The fourth-order valence-corrected chi connectivity index (χ4v) is 2.81. The minimum Gasteiger partial charge on any atom is -0.508 e. The lowest BCUT2D eigenvalue weighted by molar-refractivity contribution is -0.119. The van der Waals surface area contributed by atoms with Crippen LogP contribution in [0.1, 0.15) is 45.1 Å². The third-order valence-corrected chi connectivity index (χ3v) is 3.91. The van der Waals surface area contributed by atoms with Crippen molar-refractivity contribution in [3.63, 3.8) is 0 Å². The molecule has 0 aromatic carbocycles. The molecule has 0 radical (unpaired) electrons. The number of hydrogen-bond donors (Lipinski definition) is 2. The van der Waals surface area contributed by atoms with Gasteiger partial charge < -0.3 is 15.0 Å². The monoisotopic (exact) mass is 346 g/mol. The van der Waals surface area contributed by atoms with E-state index in [0.29, 0.717) is 11.5 Å². The number of nitrogens with zero attached hydrogens (tertiary/aromatic N) is 3. The Morgan fingerprint density at radius 2 is 1.96 bits per heavy atom. The molecule has 1 amide bonds. The number of carbonyl (C=O) groups excluding carboxylic acids is 1. The summed E-state index contributed by atoms with van der Waals surface area (Å²) in [6, 6.07) is 3.69. The van der Waals surface area contributed by atoms with Crippen molar-refractivity contribution in [3.05, 3.63) is 39.9 Å². The molecular weight excluding hydrogens is 320 g/mol. The second-order valence-corrected chi connectivity index (χ2v) is 7.61. The summed E-state index contributed by atoms with van der Waals surface area (Å²) in [7, 11) is 1.77. The number of aromatic hydroxyl groups is 1. The highest BCUT2D eigenvalue weighted by atomic mass is 16.3. The number of aromatic nitrogens is 3. The van der Waals surface area contributed by atoms with Crippen molar-refractivity contribution in [3.8, 4) is 5.75 Å². The molecule has 2 aromatic rings. The van der Waals surface area contributed by atoms with Gasteiger partial charge >= 0.3 is 0 Å². The van der Waals surface area contributed by atoms with E-state index in [0.717, 1.165) is 18.2 Å². The number of hydrogen-bond acceptors (Lipinski definition) is 4. The molecule has 0 unspecified atom stereocenters. The first-order valence-electron chi connectivity index (χ1n) is 8.24. The number of amides is 1. The number of rotatable bonds is 4. The molecule has 2 aromatic heterocycles. The van der Waals surface area contributed by atoms with Gasteiger partial charge in [0, 0.05) is 24.9 Å². The lowest BCUT2D eigenvalue weighted by atomic mass is 9.91. The molecule has 0 aliphatic carbocycles. The minimum absolute atomic E-state index is 0.0966. The maximum Gasteiger partial charge on any atom is 0.255 e. The molecule has 2 rings (SSSR count). The highest BCUT2D eigenvalue weighted by Gasteiger charge is 2.21. The van der Waals surface area contributed by atoms with Crippen LogP contribution in [0.25, 0.3) is 0 Å². The summed E-state index contributed by atoms with van der Waals surface area (Å²) >= 11 is 0. The number of nitrogens with one attached hydrogen (secondary N) is 1. The molecule has 7 nitrogen and oxygen atoms in total. The van der Waals surface area contributed by atoms with Crippen molar-refractivity contribution in [1.29, 1.82) is 0 Å². The van der Waals surface area contributed by atoms with E-state index in [1.807, 2.05) is 6.07 Å². The minimum atomic E-state index is -0.714. The van der Waals surface area contributed by atoms with E-state index in [2.05, 4.69) is 31.2 Å². The van der Waals surface area contributed by atoms with Crippen LogP contribution >= 0.6 is 0 Å². The fraction of sp³-hybridized carbons (Fsp3) is 0.500. The highest BCUT2D eigenvalue weighted by molar-refractivity contribution is 5.92. The Balaban J connectivity index is 2.21. The van der Waals surface area contributed by atoms with Crippen molar-refractivity contribution < 1.29 is 9.90 Å². The summed E-state index contributed by atoms with van der Waals surface area (Å²) in [6.07, 6.45) is 0.794. The van der Waals surface area contributed by atoms with Crippen LogP contribution < -0.4 is 10.9 Å². The number of anilines is 1. The van der Waals surface area contributed by atoms with Gasteiger partial charge in [0.25, 0.3) is 5.56 Å². The molecule has 25 heavy (non-hydrogen) atoms. The molecule has 1 atom stereocenters. The number of aryl methyl sites for hydroxylation is 2. The standard InChI is InChI=1S/C18H26N4O3/c1-11-7-14(23)9-16(24)22(11)12(2)17(25)19-15-8-13(20-21(15)6)10-18(3,4)5/h7-9,12,23H,10H2,1-6H3,(H,19,25)/t12-/m0/s1. The summed E-state index contributed by atoms with van der Waals surface area (Å²) < 4.78 is 2.97. The van der Waals surface area contributed by atoms with E-state index in [1.165, 1.54) is 10.6 Å². The Hall–Kier alpha value is -2.57. The van der Waals surface area contributed by atoms with E-state index in [-0.39, 0.29) is 17.1 Å². The van der Waals surface area contributed by atoms with Gasteiger partial charge in [0.1, 0.15) is 17.6 Å². The third kappa shape index (κ3) is 4.49. The molecule has 0 spiro atoms. The van der Waals surface area contributed by atoms with Gasteiger partial charge in [-0.2, -0.15) is 5.10 Å². The zero-order chi connectivity index (χ0) is 18.9. The van der Waals surface area contributed by atoms with Crippen LogP contribution in [-0.4, -0.2) is 25.4 Å². The molecule has 0 bridgehead atoms. The van der Waals surface area contributed by atoms with Crippen LogP contribution in [0.3, 0.4) is 0 Å². The molecule has 0 saturated carbocycles. The molecule has 0 aliphatic heterocycles. The van der Waals surface area contributed by atoms with Gasteiger partial charge in [-0.15, -0.1) is 0 Å². The Morgan fingerprint density at radius 3 is 2.52 bits per heavy atom. The first-order chi connectivity index (χ1) is 11.5. The molecule has 0 fully saturated rings. The summed E-state index contributed by atoms with van der Waals surface area (Å²) in [5.74, 6) is 0.159. The Bertz CT molecular complexity index is 843. The first-order valence-corrected chi connectivity index (χ1v) is 8.24. The molecule has 0 aliphatic rings. The lowest BCUT2D eigenvalue weighted by Gasteiger charge is -2.17. The van der Waals surface area contributed by atoms with Gasteiger partial charge in [-0.05, 0) is 31.7 Å². The van der Waals surface area contributed by atoms with E-state index in [4.69, 9.17) is 0 Å². The quantitative estimate of drug-likeness (QED) is 0.889. The number of carbonyl (C=O) groups is 1. The fourth-order valence-electron chi connectivity index (χ4n) is 2.81. The largest absolute Gasteiger partial charge is 0.508 e. The smallest absolute Gasteiger partial charge is 0.255 e. The topological polar surface area (TPSA) is 89.2 Å². The van der Waals surface area contributed by atoms with Gasteiger partial charge in [-0.1, -0.05) is 20.8 Å². The predicted octanol–water partition coefficient (Wildman–Crippen LogP) is 2.38. The average Bonchev–Trinajstić information content (AvgIpc) is 2.74. The molecule has 0 saturated heterocycles. The Kier molecular flexibility index (Phi) is 5.06. The average molecular weight is 346 g/mol. The van der Waals surface area contributed by atoms with Gasteiger partial charge in [-0.3, -0.25) is 14.3 Å². The molecule has 7 heteroatoms. The zero-order valence-electron chi connectivity index (χ0n) is 15.6. The van der Waals surface area contributed by atoms with Crippen molar-refractivity contribution in [2.24, 2.45) is 12.5 Å². The van der Waals surface area contributed by atoms with Gasteiger partial charge in [0.05, 0.1) is 5.69 Å². The maximum atomic E-state index is 12.6. The second kappa shape index (κ2) is 6.74. The maximum absolute atomic E-state index is 12.6. The normalized spacial score (nSPS) is 12.9. The first kappa shape index (κ1) is 18.8. The van der Waals surface area contributed by atoms with E-state index < -0.39 is 11.6 Å². The highest BCUT2D eigenvalue weighted by Crippen LogP contribution is 2.22.